The van der Waals surface area contributed by atoms with Crippen molar-refractivity contribution in [3.05, 3.63) is 146 Å². The van der Waals surface area contributed by atoms with E-state index in [1.165, 1.54) is 96.3 Å². The van der Waals surface area contributed by atoms with E-state index in [4.69, 9.17) is 14.2 Å². The van der Waals surface area contributed by atoms with Gasteiger partial charge in [0, 0.05) is 19.3 Å². The minimum atomic E-state index is -0.790. The topological polar surface area (TPSA) is 78.9 Å². The Labute approximate surface area is 493 Å². The summed E-state index contributed by atoms with van der Waals surface area (Å²) in [6.45, 7) is 6.37. The number of carbonyl (C=O) groups excluding carboxylic acids is 3. The third-order valence-electron chi connectivity index (χ3n) is 13.6. The molecule has 0 saturated heterocycles. The van der Waals surface area contributed by atoms with Crippen LogP contribution in [-0.4, -0.2) is 37.2 Å². The molecule has 0 rings (SSSR count). The summed E-state index contributed by atoms with van der Waals surface area (Å²) in [5.74, 6) is -0.910. The highest BCUT2D eigenvalue weighted by atomic mass is 16.6. The fourth-order valence-electron chi connectivity index (χ4n) is 8.74. The summed E-state index contributed by atoms with van der Waals surface area (Å²) < 4.78 is 16.9. The Morgan fingerprint density at radius 3 is 0.762 bits per heavy atom. The lowest BCUT2D eigenvalue weighted by molar-refractivity contribution is -0.167. The quantitative estimate of drug-likeness (QED) is 0.0261. The molecule has 0 heterocycles. The van der Waals surface area contributed by atoms with Crippen LogP contribution in [0.4, 0.5) is 0 Å². The summed E-state index contributed by atoms with van der Waals surface area (Å²) in [6, 6.07) is 0. The first-order chi connectivity index (χ1) is 39.5. The number of rotatable bonds is 58. The van der Waals surface area contributed by atoms with E-state index in [1.54, 1.807) is 0 Å². The molecule has 0 aliphatic carbocycles. The standard InChI is InChI=1S/C74H120O6/c1-4-7-10-13-16-19-21-23-25-27-29-31-33-34-35-36-37-38-39-40-42-43-45-47-49-51-53-55-58-61-64-67-73(76)79-70-71(69-78-72(75)66-63-60-57-18-15-12-9-6-3)80-74(77)68-65-62-59-56-54-52-50-48-46-44-41-32-30-28-26-24-22-20-17-14-11-8-5-2/h7-8,10-11,16-17,19-20,23-26,29-32,34-35,37-38,40,42,45,47,71H,4-6,9,12-15,18,21-22,27-28,33,36,39,41,43-44,46,48-70H2,1-3H3/b10-7-,11-8-,19-16-,20-17-,25-23-,26-24-,31-29-,32-30-,35-34-,38-37-,42-40-,47-45-. The van der Waals surface area contributed by atoms with Crippen LogP contribution in [0.3, 0.4) is 0 Å². The van der Waals surface area contributed by atoms with Crippen molar-refractivity contribution in [1.29, 1.82) is 0 Å². The molecule has 0 aromatic heterocycles. The highest BCUT2D eigenvalue weighted by Gasteiger charge is 2.19. The van der Waals surface area contributed by atoms with E-state index in [0.29, 0.717) is 19.3 Å². The summed E-state index contributed by atoms with van der Waals surface area (Å²) in [6.07, 6.45) is 95.8. The normalized spacial score (nSPS) is 13.1. The van der Waals surface area contributed by atoms with E-state index in [0.717, 1.165) is 148 Å². The lowest BCUT2D eigenvalue weighted by Gasteiger charge is -2.18. The predicted molar refractivity (Wildman–Crippen MR) is 348 cm³/mol. The molecule has 0 fully saturated rings. The number of carbonyl (C=O) groups is 3. The van der Waals surface area contributed by atoms with Crippen molar-refractivity contribution in [2.75, 3.05) is 13.2 Å². The van der Waals surface area contributed by atoms with Crippen molar-refractivity contribution in [2.45, 2.75) is 290 Å². The van der Waals surface area contributed by atoms with Crippen molar-refractivity contribution in [1.82, 2.24) is 0 Å². The number of ether oxygens (including phenoxy) is 3. The highest BCUT2D eigenvalue weighted by molar-refractivity contribution is 5.71. The van der Waals surface area contributed by atoms with E-state index in [9.17, 15) is 14.4 Å². The molecule has 0 radical (unpaired) electrons. The van der Waals surface area contributed by atoms with Gasteiger partial charge in [-0.15, -0.1) is 0 Å². The second-order valence-electron chi connectivity index (χ2n) is 21.3. The third-order valence-corrected chi connectivity index (χ3v) is 13.6. The number of esters is 3. The molecule has 0 N–H and O–H groups in total. The fourth-order valence-corrected chi connectivity index (χ4v) is 8.74. The second-order valence-corrected chi connectivity index (χ2v) is 21.3. The first-order valence-electron chi connectivity index (χ1n) is 32.8. The van der Waals surface area contributed by atoms with Crippen molar-refractivity contribution in [3.8, 4) is 0 Å². The minimum Gasteiger partial charge on any atom is -0.462 e. The summed E-state index contributed by atoms with van der Waals surface area (Å²) in [4.78, 5) is 38.2. The molecule has 1 atom stereocenters. The van der Waals surface area contributed by atoms with E-state index in [1.807, 2.05) is 0 Å². The molecule has 452 valence electrons. The second kappa shape index (κ2) is 66.8. The van der Waals surface area contributed by atoms with Gasteiger partial charge in [-0.1, -0.05) is 289 Å². The van der Waals surface area contributed by atoms with Gasteiger partial charge < -0.3 is 14.2 Å². The Morgan fingerprint density at radius 1 is 0.263 bits per heavy atom. The zero-order valence-corrected chi connectivity index (χ0v) is 51.8. The highest BCUT2D eigenvalue weighted by Crippen LogP contribution is 2.15. The first-order valence-corrected chi connectivity index (χ1v) is 32.8. The molecule has 0 aliphatic rings. The molecule has 6 nitrogen and oxygen atoms in total. The molecule has 1 unspecified atom stereocenters. The zero-order chi connectivity index (χ0) is 57.8. The van der Waals surface area contributed by atoms with Crippen molar-refractivity contribution in [2.24, 2.45) is 0 Å². The Bertz CT molecular complexity index is 1750. The smallest absolute Gasteiger partial charge is 0.306 e. The molecular formula is C74H120O6. The lowest BCUT2D eigenvalue weighted by atomic mass is 10.0. The molecule has 0 aliphatic heterocycles. The van der Waals surface area contributed by atoms with Crippen LogP contribution in [0.25, 0.3) is 0 Å². The molecule has 6 heteroatoms. The number of allylic oxidation sites excluding steroid dienone is 24. The van der Waals surface area contributed by atoms with E-state index in [2.05, 4.69) is 167 Å². The van der Waals surface area contributed by atoms with Crippen molar-refractivity contribution >= 4 is 17.9 Å². The van der Waals surface area contributed by atoms with Gasteiger partial charge in [0.2, 0.25) is 0 Å². The van der Waals surface area contributed by atoms with Crippen LogP contribution in [0.15, 0.2) is 146 Å². The maximum Gasteiger partial charge on any atom is 0.306 e. The van der Waals surface area contributed by atoms with Crippen molar-refractivity contribution in [3.63, 3.8) is 0 Å². The van der Waals surface area contributed by atoms with Crippen LogP contribution < -0.4 is 0 Å². The Hall–Kier alpha value is -4.71. The monoisotopic (exact) mass is 1100 g/mol. The Morgan fingerprint density at radius 2 is 0.487 bits per heavy atom. The van der Waals surface area contributed by atoms with Gasteiger partial charge in [0.1, 0.15) is 13.2 Å². The first kappa shape index (κ1) is 75.3. The molecule has 0 bridgehead atoms. The predicted octanol–water partition coefficient (Wildman–Crippen LogP) is 22.7. The molecule has 0 aromatic rings. The fraction of sp³-hybridized carbons (Fsp3) is 0.635. The summed E-state index contributed by atoms with van der Waals surface area (Å²) >= 11 is 0. The maximum atomic E-state index is 12.9. The van der Waals surface area contributed by atoms with Crippen LogP contribution >= 0.6 is 0 Å². The van der Waals surface area contributed by atoms with E-state index < -0.39 is 6.10 Å². The average Bonchev–Trinajstić information content (AvgIpc) is 3.46. The minimum absolute atomic E-state index is 0.0870. The summed E-state index contributed by atoms with van der Waals surface area (Å²) in [5, 5.41) is 0. The van der Waals surface area contributed by atoms with Crippen molar-refractivity contribution < 1.29 is 28.6 Å². The summed E-state index contributed by atoms with van der Waals surface area (Å²) in [5.41, 5.74) is 0. The molecule has 80 heavy (non-hydrogen) atoms. The van der Waals surface area contributed by atoms with Gasteiger partial charge in [0.05, 0.1) is 0 Å². The van der Waals surface area contributed by atoms with Gasteiger partial charge in [-0.2, -0.15) is 0 Å². The van der Waals surface area contributed by atoms with Gasteiger partial charge >= 0.3 is 17.9 Å². The number of unbranched alkanes of at least 4 members (excludes halogenated alkanes) is 23. The number of hydrogen-bond acceptors (Lipinski definition) is 6. The van der Waals surface area contributed by atoms with Gasteiger partial charge in [0.15, 0.2) is 6.10 Å². The zero-order valence-electron chi connectivity index (χ0n) is 51.8. The molecule has 0 aromatic carbocycles. The molecule has 0 amide bonds. The van der Waals surface area contributed by atoms with Gasteiger partial charge in [0.25, 0.3) is 0 Å². The SMILES string of the molecule is CC/C=C\C/C=C\C/C=C\C/C=C\C/C=C\C/C=C\C/C=C\C/C=C\CCCCCCCCC(=O)OCC(COC(=O)CCCCCCCCCC)OC(=O)CCCCCCCCCCCC/C=C\C/C=C\C/C=C\C/C=C\CC. The average molecular weight is 1110 g/mol. The van der Waals surface area contributed by atoms with Crippen LogP contribution in [0.5, 0.6) is 0 Å². The van der Waals surface area contributed by atoms with Crippen LogP contribution in [-0.2, 0) is 28.6 Å². The third kappa shape index (κ3) is 64.1. The molecule has 0 saturated carbocycles. The van der Waals surface area contributed by atoms with Gasteiger partial charge in [-0.05, 0) is 122 Å². The van der Waals surface area contributed by atoms with E-state index >= 15 is 0 Å². The van der Waals surface area contributed by atoms with Crippen LogP contribution in [0.2, 0.25) is 0 Å². The van der Waals surface area contributed by atoms with Crippen LogP contribution in [0, 0.1) is 0 Å². The largest absolute Gasteiger partial charge is 0.462 e. The summed E-state index contributed by atoms with van der Waals surface area (Å²) in [7, 11) is 0. The molecule has 0 spiro atoms. The Kier molecular flexibility index (Phi) is 62.9. The molecular weight excluding hydrogens is 985 g/mol. The van der Waals surface area contributed by atoms with Gasteiger partial charge in [-0.25, -0.2) is 0 Å². The lowest BCUT2D eigenvalue weighted by Crippen LogP contribution is -2.30. The number of hydrogen-bond donors (Lipinski definition) is 0. The van der Waals surface area contributed by atoms with E-state index in [-0.39, 0.29) is 31.1 Å². The Balaban J connectivity index is 4.24. The van der Waals surface area contributed by atoms with Crippen LogP contribution in [0.1, 0.15) is 284 Å². The maximum absolute atomic E-state index is 12.9. The van der Waals surface area contributed by atoms with Gasteiger partial charge in [-0.3, -0.25) is 14.4 Å².